The number of hydrogen-bond acceptors (Lipinski definition) is 4. The Morgan fingerprint density at radius 2 is 2.12 bits per heavy atom. The first-order valence-corrected chi connectivity index (χ1v) is 7.52. The van der Waals surface area contributed by atoms with Gasteiger partial charge >= 0.3 is 6.36 Å². The van der Waals surface area contributed by atoms with Crippen molar-refractivity contribution in [1.82, 2.24) is 19.7 Å². The number of aromatic nitrogens is 3. The lowest BCUT2D eigenvalue weighted by molar-refractivity contribution is -0.275. The zero-order chi connectivity index (χ0) is 17.2. The monoisotopic (exact) mass is 344 g/mol. The van der Waals surface area contributed by atoms with Crippen molar-refractivity contribution in [3.8, 4) is 5.75 Å². The maximum atomic E-state index is 14.0. The Morgan fingerprint density at radius 3 is 2.83 bits per heavy atom. The second-order valence-electron chi connectivity index (χ2n) is 5.67. The molecular formula is C15H16F4N4O. The fourth-order valence-corrected chi connectivity index (χ4v) is 2.93. The van der Waals surface area contributed by atoms with Crippen molar-refractivity contribution in [2.75, 3.05) is 13.1 Å². The van der Waals surface area contributed by atoms with Crippen LogP contribution in [0.5, 0.6) is 5.75 Å². The van der Waals surface area contributed by atoms with E-state index in [1.165, 1.54) is 12.4 Å². The highest BCUT2D eigenvalue weighted by atomic mass is 19.4. The molecule has 2 heterocycles. The normalized spacial score (nSPS) is 19.4. The van der Waals surface area contributed by atoms with E-state index in [-0.39, 0.29) is 18.2 Å². The van der Waals surface area contributed by atoms with Crippen LogP contribution in [0.2, 0.25) is 0 Å². The minimum Gasteiger partial charge on any atom is -0.405 e. The quantitative estimate of drug-likeness (QED) is 0.799. The van der Waals surface area contributed by atoms with Crippen LogP contribution in [0.25, 0.3) is 0 Å². The average molecular weight is 344 g/mol. The van der Waals surface area contributed by atoms with Gasteiger partial charge in [-0.25, -0.2) is 14.1 Å². The molecule has 0 unspecified atom stereocenters. The summed E-state index contributed by atoms with van der Waals surface area (Å²) in [5.74, 6) is -1.20. The summed E-state index contributed by atoms with van der Waals surface area (Å²) in [7, 11) is 0. The molecule has 0 bridgehead atoms. The molecule has 0 spiro atoms. The van der Waals surface area contributed by atoms with Crippen LogP contribution >= 0.6 is 0 Å². The zero-order valence-electron chi connectivity index (χ0n) is 12.7. The molecule has 0 aliphatic carbocycles. The van der Waals surface area contributed by atoms with E-state index in [1.807, 2.05) is 4.90 Å². The summed E-state index contributed by atoms with van der Waals surface area (Å²) in [6, 6.07) is 3.54. The molecule has 0 saturated carbocycles. The summed E-state index contributed by atoms with van der Waals surface area (Å²) < 4.78 is 57.2. The van der Waals surface area contributed by atoms with Crippen LogP contribution in [0.15, 0.2) is 30.9 Å². The van der Waals surface area contributed by atoms with Gasteiger partial charge in [0.25, 0.3) is 0 Å². The first kappa shape index (κ1) is 16.7. The van der Waals surface area contributed by atoms with Gasteiger partial charge < -0.3 is 4.74 Å². The van der Waals surface area contributed by atoms with Gasteiger partial charge in [-0.1, -0.05) is 6.07 Å². The molecule has 1 saturated heterocycles. The van der Waals surface area contributed by atoms with E-state index in [2.05, 4.69) is 14.8 Å². The number of alkyl halides is 3. The van der Waals surface area contributed by atoms with Crippen molar-refractivity contribution in [2.45, 2.75) is 31.8 Å². The lowest BCUT2D eigenvalue weighted by Crippen LogP contribution is -2.36. The van der Waals surface area contributed by atoms with Gasteiger partial charge in [-0.05, 0) is 31.5 Å². The van der Waals surface area contributed by atoms with Crippen LogP contribution in [0, 0.1) is 5.82 Å². The second-order valence-corrected chi connectivity index (χ2v) is 5.67. The SMILES string of the molecule is Fc1cccc(OC(F)(F)F)c1CN1CCC[C@@H](n2cncn2)C1. The minimum absolute atomic E-state index is 0.0449. The van der Waals surface area contributed by atoms with Crippen molar-refractivity contribution in [3.63, 3.8) is 0 Å². The molecule has 9 heteroatoms. The summed E-state index contributed by atoms with van der Waals surface area (Å²) in [6.07, 6.45) is -0.0776. The summed E-state index contributed by atoms with van der Waals surface area (Å²) in [5.41, 5.74) is -0.0888. The van der Waals surface area contributed by atoms with Crippen molar-refractivity contribution in [1.29, 1.82) is 0 Å². The molecular weight excluding hydrogens is 328 g/mol. The van der Waals surface area contributed by atoms with Crippen molar-refractivity contribution in [2.24, 2.45) is 0 Å². The van der Waals surface area contributed by atoms with E-state index in [9.17, 15) is 17.6 Å². The average Bonchev–Trinajstić information content (AvgIpc) is 3.04. The molecule has 5 nitrogen and oxygen atoms in total. The van der Waals surface area contributed by atoms with Gasteiger partial charge in [-0.3, -0.25) is 4.90 Å². The Morgan fingerprint density at radius 1 is 1.29 bits per heavy atom. The van der Waals surface area contributed by atoms with Crippen molar-refractivity contribution < 1.29 is 22.3 Å². The standard InChI is InChI=1S/C15H16F4N4O/c16-13-4-1-5-14(24-15(17,18)19)12(13)8-22-6-2-3-11(7-22)23-10-20-9-21-23/h1,4-5,9-11H,2-3,6-8H2/t11-/m1/s1. The predicted octanol–water partition coefficient (Wildman–Crippen LogP) is 3.15. The largest absolute Gasteiger partial charge is 0.573 e. The van der Waals surface area contributed by atoms with Gasteiger partial charge in [-0.2, -0.15) is 5.10 Å². The second kappa shape index (κ2) is 6.76. The van der Waals surface area contributed by atoms with Gasteiger partial charge in [0.05, 0.1) is 6.04 Å². The first-order valence-electron chi connectivity index (χ1n) is 7.52. The molecule has 24 heavy (non-hydrogen) atoms. The van der Waals surface area contributed by atoms with Gasteiger partial charge in [-0.15, -0.1) is 13.2 Å². The Balaban J connectivity index is 1.75. The van der Waals surface area contributed by atoms with E-state index in [0.717, 1.165) is 25.0 Å². The summed E-state index contributed by atoms with van der Waals surface area (Å²) in [6.45, 7) is 1.28. The van der Waals surface area contributed by atoms with Crippen LogP contribution in [0.3, 0.4) is 0 Å². The third kappa shape index (κ3) is 4.02. The Kier molecular flexibility index (Phi) is 4.70. The van der Waals surface area contributed by atoms with Gasteiger partial charge in [0.2, 0.25) is 0 Å². The smallest absolute Gasteiger partial charge is 0.405 e. The van der Waals surface area contributed by atoms with E-state index >= 15 is 0 Å². The number of benzene rings is 1. The van der Waals surface area contributed by atoms with E-state index in [4.69, 9.17) is 0 Å². The number of halogens is 4. The molecule has 3 rings (SSSR count). The molecule has 1 fully saturated rings. The molecule has 1 aromatic heterocycles. The lowest BCUT2D eigenvalue weighted by atomic mass is 10.0. The molecule has 1 aromatic carbocycles. The van der Waals surface area contributed by atoms with E-state index in [1.54, 1.807) is 11.0 Å². The summed E-state index contributed by atoms with van der Waals surface area (Å²) in [4.78, 5) is 5.80. The molecule has 0 radical (unpaired) electrons. The molecule has 1 atom stereocenters. The topological polar surface area (TPSA) is 43.2 Å². The zero-order valence-corrected chi connectivity index (χ0v) is 12.7. The van der Waals surface area contributed by atoms with E-state index in [0.29, 0.717) is 13.1 Å². The highest BCUT2D eigenvalue weighted by Crippen LogP contribution is 2.30. The highest BCUT2D eigenvalue weighted by molar-refractivity contribution is 5.34. The van der Waals surface area contributed by atoms with Crippen LogP contribution in [-0.4, -0.2) is 39.1 Å². The third-order valence-corrected chi connectivity index (χ3v) is 3.97. The minimum atomic E-state index is -4.85. The summed E-state index contributed by atoms with van der Waals surface area (Å²) >= 11 is 0. The van der Waals surface area contributed by atoms with Crippen LogP contribution in [0.4, 0.5) is 17.6 Å². The molecule has 1 aliphatic heterocycles. The lowest BCUT2D eigenvalue weighted by Gasteiger charge is -2.33. The number of ether oxygens (including phenoxy) is 1. The fraction of sp³-hybridized carbons (Fsp3) is 0.467. The van der Waals surface area contributed by atoms with Gasteiger partial charge in [0.1, 0.15) is 24.2 Å². The maximum Gasteiger partial charge on any atom is 0.573 e. The van der Waals surface area contributed by atoms with E-state index < -0.39 is 17.9 Å². The molecule has 0 amide bonds. The Labute approximate surface area is 135 Å². The van der Waals surface area contributed by atoms with Crippen LogP contribution < -0.4 is 4.74 Å². The molecule has 0 N–H and O–H groups in total. The summed E-state index contributed by atoms with van der Waals surface area (Å²) in [5, 5.41) is 4.10. The molecule has 2 aromatic rings. The third-order valence-electron chi connectivity index (χ3n) is 3.97. The Hall–Kier alpha value is -2.16. The molecule has 130 valence electrons. The number of piperidine rings is 1. The maximum absolute atomic E-state index is 14.0. The van der Waals surface area contributed by atoms with Crippen molar-refractivity contribution in [3.05, 3.63) is 42.2 Å². The number of rotatable bonds is 4. The van der Waals surface area contributed by atoms with Crippen LogP contribution in [-0.2, 0) is 6.54 Å². The number of nitrogens with zero attached hydrogens (tertiary/aromatic N) is 4. The van der Waals surface area contributed by atoms with Crippen molar-refractivity contribution >= 4 is 0 Å². The molecule has 1 aliphatic rings. The number of hydrogen-bond donors (Lipinski definition) is 0. The predicted molar refractivity (Wildman–Crippen MR) is 76.7 cm³/mol. The first-order chi connectivity index (χ1) is 11.4. The van der Waals surface area contributed by atoms with Crippen LogP contribution in [0.1, 0.15) is 24.4 Å². The van der Waals surface area contributed by atoms with Gasteiger partial charge in [0.15, 0.2) is 0 Å². The highest BCUT2D eigenvalue weighted by Gasteiger charge is 2.33. The Bertz CT molecular complexity index is 675. The number of likely N-dealkylation sites (tertiary alicyclic amines) is 1. The van der Waals surface area contributed by atoms with Gasteiger partial charge in [0, 0.05) is 18.7 Å². The fourth-order valence-electron chi connectivity index (χ4n) is 2.93.